The van der Waals surface area contributed by atoms with Gasteiger partial charge in [-0.2, -0.15) is 0 Å². The van der Waals surface area contributed by atoms with E-state index in [4.69, 9.17) is 20.6 Å². The monoisotopic (exact) mass is 444 g/mol. The van der Waals surface area contributed by atoms with E-state index in [0.29, 0.717) is 29.3 Å². The number of anilines is 2. The Morgan fingerprint density at radius 2 is 2.12 bits per heavy atom. The van der Waals surface area contributed by atoms with E-state index in [-0.39, 0.29) is 0 Å². The zero-order valence-corrected chi connectivity index (χ0v) is 18.8. The van der Waals surface area contributed by atoms with Crippen LogP contribution in [-0.2, 0) is 4.74 Å². The van der Waals surface area contributed by atoms with Crippen molar-refractivity contribution in [1.82, 2.24) is 14.9 Å². The van der Waals surface area contributed by atoms with Crippen LogP contribution in [-0.4, -0.2) is 61.4 Å². The number of fused-ring (bicyclic) bond motifs is 1. The molecule has 7 heteroatoms. The summed E-state index contributed by atoms with van der Waals surface area (Å²) in [5, 5.41) is 4.20. The highest BCUT2D eigenvalue weighted by Crippen LogP contribution is 2.38. The summed E-state index contributed by atoms with van der Waals surface area (Å²) in [5.74, 6) is 4.69. The average molecular weight is 445 g/mol. The second kappa shape index (κ2) is 9.26. The van der Waals surface area contributed by atoms with Crippen molar-refractivity contribution in [2.45, 2.75) is 12.8 Å². The summed E-state index contributed by atoms with van der Waals surface area (Å²) < 4.78 is 17.1. The number of terminal acetylenes is 1. The van der Waals surface area contributed by atoms with Crippen LogP contribution < -0.4 is 14.8 Å². The van der Waals surface area contributed by atoms with Gasteiger partial charge in [0.1, 0.15) is 12.1 Å². The minimum atomic E-state index is 0.422. The fourth-order valence-corrected chi connectivity index (χ4v) is 4.57. The van der Waals surface area contributed by atoms with Crippen LogP contribution in [0.25, 0.3) is 10.9 Å². The second-order valence-corrected chi connectivity index (χ2v) is 8.81. The molecule has 7 nitrogen and oxygen atoms in total. The Balaban J connectivity index is 1.28. The molecule has 1 N–H and O–H groups in total. The Bertz CT molecular complexity index is 1190. The molecule has 2 aliphatic rings. The number of aromatic nitrogens is 2. The molecule has 0 saturated carbocycles. The first-order valence-corrected chi connectivity index (χ1v) is 11.3. The highest BCUT2D eigenvalue weighted by atomic mass is 16.5. The lowest BCUT2D eigenvalue weighted by molar-refractivity contribution is -0.105. The molecule has 0 unspecified atom stereocenters. The van der Waals surface area contributed by atoms with Gasteiger partial charge in [0.2, 0.25) is 0 Å². The molecule has 3 aromatic rings. The quantitative estimate of drug-likeness (QED) is 0.418. The normalized spacial score (nSPS) is 17.0. The lowest BCUT2D eigenvalue weighted by Gasteiger charge is -2.37. The van der Waals surface area contributed by atoms with Crippen LogP contribution in [0.3, 0.4) is 0 Å². The maximum Gasteiger partial charge on any atom is 0.162 e. The van der Waals surface area contributed by atoms with Gasteiger partial charge in [-0.3, -0.25) is 0 Å². The van der Waals surface area contributed by atoms with Crippen molar-refractivity contribution in [3.8, 4) is 23.8 Å². The first kappa shape index (κ1) is 21.5. The van der Waals surface area contributed by atoms with Crippen molar-refractivity contribution in [3.05, 3.63) is 48.3 Å². The number of likely N-dealkylation sites (tertiary alicyclic amines) is 1. The molecule has 2 saturated heterocycles. The number of methoxy groups -OCH3 is 1. The third-order valence-corrected chi connectivity index (χ3v) is 6.42. The molecule has 0 atom stereocenters. The van der Waals surface area contributed by atoms with Crippen molar-refractivity contribution < 1.29 is 14.2 Å². The number of hydrogen-bond acceptors (Lipinski definition) is 7. The van der Waals surface area contributed by atoms with E-state index in [2.05, 4.69) is 26.1 Å². The Morgan fingerprint density at radius 1 is 1.21 bits per heavy atom. The SMILES string of the molecule is C#Cc1cccc(Nc2ncnc3cc(OC)c(OCCCN4CCC5(COC5)C4)cc23)c1. The highest BCUT2D eigenvalue weighted by molar-refractivity contribution is 5.93. The molecule has 2 fully saturated rings. The summed E-state index contributed by atoms with van der Waals surface area (Å²) in [6, 6.07) is 11.5. The third kappa shape index (κ3) is 4.58. The van der Waals surface area contributed by atoms with E-state index in [1.807, 2.05) is 36.4 Å². The van der Waals surface area contributed by atoms with Crippen LogP contribution in [0.1, 0.15) is 18.4 Å². The van der Waals surface area contributed by atoms with Gasteiger partial charge in [0.25, 0.3) is 0 Å². The Labute approximate surface area is 194 Å². The first-order valence-electron chi connectivity index (χ1n) is 11.3. The number of ether oxygens (including phenoxy) is 3. The molecule has 1 spiro atoms. The van der Waals surface area contributed by atoms with Gasteiger partial charge in [-0.05, 0) is 43.7 Å². The van der Waals surface area contributed by atoms with Gasteiger partial charge in [0.05, 0.1) is 32.4 Å². The summed E-state index contributed by atoms with van der Waals surface area (Å²) in [5.41, 5.74) is 2.86. The molecule has 2 aromatic carbocycles. The molecular weight excluding hydrogens is 416 g/mol. The van der Waals surface area contributed by atoms with E-state index >= 15 is 0 Å². The minimum absolute atomic E-state index is 0.422. The van der Waals surface area contributed by atoms with E-state index in [9.17, 15) is 0 Å². The van der Waals surface area contributed by atoms with Crippen molar-refractivity contribution in [3.63, 3.8) is 0 Å². The highest BCUT2D eigenvalue weighted by Gasteiger charge is 2.43. The van der Waals surface area contributed by atoms with Crippen molar-refractivity contribution in [2.24, 2.45) is 5.41 Å². The van der Waals surface area contributed by atoms with Crippen molar-refractivity contribution in [1.29, 1.82) is 0 Å². The third-order valence-electron chi connectivity index (χ3n) is 6.42. The average Bonchev–Trinajstić information content (AvgIpc) is 3.27. The smallest absolute Gasteiger partial charge is 0.162 e. The second-order valence-electron chi connectivity index (χ2n) is 8.81. The topological polar surface area (TPSA) is 68.7 Å². The van der Waals surface area contributed by atoms with Crippen LogP contribution >= 0.6 is 0 Å². The molecule has 170 valence electrons. The molecule has 2 aliphatic heterocycles. The molecule has 0 aliphatic carbocycles. The minimum Gasteiger partial charge on any atom is -0.493 e. The standard InChI is InChI=1S/C26H28N4O3/c1-3-19-6-4-7-20(12-19)29-25-21-13-24(23(31-2)14-22(21)27-18-28-25)33-11-5-9-30-10-8-26(15-30)16-32-17-26/h1,4,6-7,12-14,18H,5,8-11,15-17H2,2H3,(H,27,28,29). The van der Waals surface area contributed by atoms with Gasteiger partial charge in [0, 0.05) is 41.2 Å². The van der Waals surface area contributed by atoms with E-state index in [0.717, 1.165) is 61.4 Å². The lowest BCUT2D eigenvalue weighted by Crippen LogP contribution is -2.44. The zero-order valence-electron chi connectivity index (χ0n) is 18.8. The zero-order chi connectivity index (χ0) is 22.7. The molecule has 5 rings (SSSR count). The van der Waals surface area contributed by atoms with Gasteiger partial charge in [-0.15, -0.1) is 6.42 Å². The fraction of sp³-hybridized carbons (Fsp3) is 0.385. The molecule has 0 bridgehead atoms. The van der Waals surface area contributed by atoms with Crippen LogP contribution in [0.4, 0.5) is 11.5 Å². The molecule has 3 heterocycles. The molecular formula is C26H28N4O3. The summed E-state index contributed by atoms with van der Waals surface area (Å²) in [6.07, 6.45) is 9.26. The largest absolute Gasteiger partial charge is 0.493 e. The summed E-state index contributed by atoms with van der Waals surface area (Å²) in [7, 11) is 1.64. The Morgan fingerprint density at radius 3 is 2.88 bits per heavy atom. The van der Waals surface area contributed by atoms with E-state index < -0.39 is 0 Å². The van der Waals surface area contributed by atoms with Crippen molar-refractivity contribution in [2.75, 3.05) is 51.9 Å². The van der Waals surface area contributed by atoms with Gasteiger partial charge in [-0.1, -0.05) is 12.0 Å². The summed E-state index contributed by atoms with van der Waals surface area (Å²) in [6.45, 7) is 5.76. The maximum atomic E-state index is 6.14. The molecule has 33 heavy (non-hydrogen) atoms. The predicted octanol–water partition coefficient (Wildman–Crippen LogP) is 3.85. The fourth-order valence-electron chi connectivity index (χ4n) is 4.57. The van der Waals surface area contributed by atoms with Gasteiger partial charge < -0.3 is 24.4 Å². The number of nitrogens with one attached hydrogen (secondary N) is 1. The number of benzene rings is 2. The molecule has 1 aromatic heterocycles. The van der Waals surface area contributed by atoms with Crippen molar-refractivity contribution >= 4 is 22.4 Å². The van der Waals surface area contributed by atoms with Gasteiger partial charge >= 0.3 is 0 Å². The van der Waals surface area contributed by atoms with Crippen LogP contribution in [0.15, 0.2) is 42.7 Å². The van der Waals surface area contributed by atoms with E-state index in [1.165, 1.54) is 12.7 Å². The molecule has 0 radical (unpaired) electrons. The molecule has 0 amide bonds. The van der Waals surface area contributed by atoms with Crippen LogP contribution in [0, 0.1) is 17.8 Å². The van der Waals surface area contributed by atoms with Crippen LogP contribution in [0.2, 0.25) is 0 Å². The summed E-state index contributed by atoms with van der Waals surface area (Å²) >= 11 is 0. The van der Waals surface area contributed by atoms with Gasteiger partial charge in [0.15, 0.2) is 11.5 Å². The van der Waals surface area contributed by atoms with Crippen LogP contribution in [0.5, 0.6) is 11.5 Å². The summed E-state index contributed by atoms with van der Waals surface area (Å²) in [4.78, 5) is 11.4. The number of hydrogen-bond donors (Lipinski definition) is 1. The first-order chi connectivity index (χ1) is 16.2. The number of rotatable bonds is 8. The Hall–Kier alpha value is -3.34. The van der Waals surface area contributed by atoms with Gasteiger partial charge in [-0.25, -0.2) is 9.97 Å². The maximum absolute atomic E-state index is 6.14. The lowest BCUT2D eigenvalue weighted by atomic mass is 9.85. The Kier molecular flexibility index (Phi) is 6.03. The van der Waals surface area contributed by atoms with E-state index in [1.54, 1.807) is 7.11 Å². The number of nitrogens with zero attached hydrogens (tertiary/aromatic N) is 3. The predicted molar refractivity (Wildman–Crippen MR) is 128 cm³/mol.